The van der Waals surface area contributed by atoms with Gasteiger partial charge in [0, 0.05) is 10.6 Å². The van der Waals surface area contributed by atoms with Crippen LogP contribution in [0.2, 0.25) is 0 Å². The van der Waals surface area contributed by atoms with Crippen molar-refractivity contribution in [3.63, 3.8) is 0 Å². The van der Waals surface area contributed by atoms with Gasteiger partial charge in [-0.2, -0.15) is 0 Å². The summed E-state index contributed by atoms with van der Waals surface area (Å²) in [5.74, 6) is -0.842. The molecule has 3 aromatic rings. The van der Waals surface area contributed by atoms with Crippen LogP contribution >= 0.6 is 11.3 Å². The molecule has 0 fully saturated rings. The van der Waals surface area contributed by atoms with Crippen LogP contribution < -0.4 is 15.5 Å². The van der Waals surface area contributed by atoms with E-state index in [0.717, 1.165) is 15.3 Å². The lowest BCUT2D eigenvalue weighted by atomic mass is 10.1. The van der Waals surface area contributed by atoms with Crippen LogP contribution in [-0.4, -0.2) is 32.0 Å². The van der Waals surface area contributed by atoms with E-state index in [1.165, 1.54) is 18.2 Å². The number of nitrogens with one attached hydrogen (secondary N) is 3. The molecule has 3 rings (SSSR count). The molecule has 0 aliphatic carbocycles. The highest BCUT2D eigenvalue weighted by atomic mass is 32.1. The number of rotatable bonds is 8. The molecule has 1 aromatic heterocycles. The van der Waals surface area contributed by atoms with Gasteiger partial charge in [0.15, 0.2) is 13.1 Å². The molecule has 2 atom stereocenters. The quantitative estimate of drug-likeness (QED) is 0.531. The predicted molar refractivity (Wildman–Crippen MR) is 112 cm³/mol. The third kappa shape index (κ3) is 6.23. The lowest BCUT2D eigenvalue weighted by molar-refractivity contribution is -0.862. The number of thiophene rings is 1. The molecule has 2 aromatic carbocycles. The van der Waals surface area contributed by atoms with Crippen LogP contribution in [0, 0.1) is 5.82 Å². The minimum absolute atomic E-state index is 0.0962. The first-order chi connectivity index (χ1) is 14.0. The zero-order valence-corrected chi connectivity index (χ0v) is 16.8. The van der Waals surface area contributed by atoms with E-state index in [-0.39, 0.29) is 30.9 Å². The number of anilines is 1. The first-order valence-electron chi connectivity index (χ1n) is 9.25. The third-order valence-electron chi connectivity index (χ3n) is 4.30. The number of carbonyl (C=O) groups is 2. The summed E-state index contributed by atoms with van der Waals surface area (Å²) in [6, 6.07) is 19.2. The summed E-state index contributed by atoms with van der Waals surface area (Å²) in [4.78, 5) is 26.5. The van der Waals surface area contributed by atoms with Gasteiger partial charge < -0.3 is 15.5 Å². The van der Waals surface area contributed by atoms with E-state index >= 15 is 0 Å². The minimum atomic E-state index is -0.414. The van der Waals surface area contributed by atoms with E-state index in [1.54, 1.807) is 24.5 Å². The first-order valence-corrected chi connectivity index (χ1v) is 10.1. The molecule has 1 unspecified atom stereocenters. The van der Waals surface area contributed by atoms with E-state index in [9.17, 15) is 14.0 Å². The summed E-state index contributed by atoms with van der Waals surface area (Å²) in [5.41, 5.74) is 1.40. The normalized spacial score (nSPS) is 12.8. The van der Waals surface area contributed by atoms with Crippen LogP contribution in [0.5, 0.6) is 0 Å². The largest absolute Gasteiger partial charge is 0.339 e. The van der Waals surface area contributed by atoms with Gasteiger partial charge in [-0.3, -0.25) is 9.59 Å². The van der Waals surface area contributed by atoms with E-state index in [2.05, 4.69) is 10.6 Å². The Balaban J connectivity index is 1.56. The molecule has 150 valence electrons. The minimum Gasteiger partial charge on any atom is -0.339 e. The number of amides is 2. The van der Waals surface area contributed by atoms with Crippen LogP contribution in [0.4, 0.5) is 10.1 Å². The summed E-state index contributed by atoms with van der Waals surface area (Å²) in [6.07, 6.45) is 0. The van der Waals surface area contributed by atoms with E-state index < -0.39 is 5.82 Å². The Hall–Kier alpha value is -3.03. The Labute approximate surface area is 173 Å². The zero-order chi connectivity index (χ0) is 20.6. The van der Waals surface area contributed by atoms with Crippen molar-refractivity contribution in [2.24, 2.45) is 0 Å². The Morgan fingerprint density at radius 2 is 1.76 bits per heavy atom. The maximum atomic E-state index is 13.2. The summed E-state index contributed by atoms with van der Waals surface area (Å²) in [5, 5.41) is 7.69. The molecule has 0 saturated heterocycles. The fourth-order valence-corrected chi connectivity index (χ4v) is 3.82. The molecule has 1 heterocycles. The standard InChI is InChI=1S/C22H22FN3O2S/c1-26(14-20(27)24-18-10-5-9-17(23)13-18)15-21(28)25-22(19-11-6-12-29-19)16-7-3-2-4-8-16/h2-13,22H,14-15H2,1H3,(H,24,27)(H,25,28)/p+1/t22-/m1/s1. The number of halogens is 1. The van der Waals surface area contributed by atoms with Crippen LogP contribution in [0.1, 0.15) is 16.5 Å². The Morgan fingerprint density at radius 3 is 2.45 bits per heavy atom. The van der Waals surface area contributed by atoms with Gasteiger partial charge in [-0.25, -0.2) is 4.39 Å². The summed E-state index contributed by atoms with van der Waals surface area (Å²) in [6.45, 7) is 0.240. The molecular formula is C22H23FN3O2S+. The number of carbonyl (C=O) groups excluding carboxylic acids is 2. The molecule has 2 amide bonds. The number of likely N-dealkylation sites (N-methyl/N-ethyl adjacent to an activating group) is 1. The molecule has 0 spiro atoms. The van der Waals surface area contributed by atoms with Gasteiger partial charge >= 0.3 is 0 Å². The highest BCUT2D eigenvalue weighted by Gasteiger charge is 2.21. The van der Waals surface area contributed by atoms with Gasteiger partial charge in [-0.05, 0) is 35.2 Å². The fourth-order valence-electron chi connectivity index (χ4n) is 3.01. The average Bonchev–Trinajstić information content (AvgIpc) is 3.21. The Kier molecular flexibility index (Phi) is 7.10. The second kappa shape index (κ2) is 9.95. The van der Waals surface area contributed by atoms with Crippen LogP contribution in [-0.2, 0) is 9.59 Å². The number of hydrogen-bond donors (Lipinski definition) is 3. The number of quaternary nitrogens is 1. The average molecular weight is 413 g/mol. The summed E-state index contributed by atoms with van der Waals surface area (Å²) >= 11 is 1.58. The van der Waals surface area contributed by atoms with Crippen molar-refractivity contribution in [3.8, 4) is 0 Å². The van der Waals surface area contributed by atoms with Crippen molar-refractivity contribution in [3.05, 3.63) is 88.4 Å². The highest BCUT2D eigenvalue weighted by molar-refractivity contribution is 7.10. The topological polar surface area (TPSA) is 62.6 Å². The zero-order valence-electron chi connectivity index (χ0n) is 16.0. The van der Waals surface area contributed by atoms with Gasteiger partial charge in [-0.15, -0.1) is 11.3 Å². The van der Waals surface area contributed by atoms with Gasteiger partial charge in [0.1, 0.15) is 5.82 Å². The number of benzene rings is 2. The molecular weight excluding hydrogens is 389 g/mol. The monoisotopic (exact) mass is 412 g/mol. The van der Waals surface area contributed by atoms with Crippen LogP contribution in [0.15, 0.2) is 72.1 Å². The summed E-state index contributed by atoms with van der Waals surface area (Å²) in [7, 11) is 1.77. The molecule has 0 radical (unpaired) electrons. The molecule has 0 aliphatic rings. The lowest BCUT2D eigenvalue weighted by Crippen LogP contribution is -3.11. The maximum Gasteiger partial charge on any atom is 0.279 e. The van der Waals surface area contributed by atoms with Crippen molar-refractivity contribution >= 4 is 28.8 Å². The highest BCUT2D eigenvalue weighted by Crippen LogP contribution is 2.25. The van der Waals surface area contributed by atoms with E-state index in [1.807, 2.05) is 47.8 Å². The van der Waals surface area contributed by atoms with Crippen molar-refractivity contribution in [2.75, 3.05) is 25.5 Å². The first kappa shape index (κ1) is 20.7. The fraction of sp³-hybridized carbons (Fsp3) is 0.182. The maximum absolute atomic E-state index is 13.2. The summed E-state index contributed by atoms with van der Waals surface area (Å²) < 4.78 is 13.2. The molecule has 5 nitrogen and oxygen atoms in total. The molecule has 29 heavy (non-hydrogen) atoms. The van der Waals surface area contributed by atoms with Gasteiger partial charge in [-0.1, -0.05) is 42.5 Å². The van der Waals surface area contributed by atoms with Crippen molar-refractivity contribution < 1.29 is 18.9 Å². The third-order valence-corrected chi connectivity index (χ3v) is 5.24. The van der Waals surface area contributed by atoms with Crippen molar-refractivity contribution in [2.45, 2.75) is 6.04 Å². The van der Waals surface area contributed by atoms with E-state index in [4.69, 9.17) is 0 Å². The second-order valence-electron chi connectivity index (χ2n) is 6.80. The smallest absolute Gasteiger partial charge is 0.279 e. The van der Waals surface area contributed by atoms with Crippen LogP contribution in [0.25, 0.3) is 0 Å². The second-order valence-corrected chi connectivity index (χ2v) is 7.78. The Bertz CT molecular complexity index is 948. The van der Waals surface area contributed by atoms with Gasteiger partial charge in [0.2, 0.25) is 0 Å². The Morgan fingerprint density at radius 1 is 1.00 bits per heavy atom. The molecule has 7 heteroatoms. The molecule has 0 saturated carbocycles. The lowest BCUT2D eigenvalue weighted by Gasteiger charge is -2.19. The van der Waals surface area contributed by atoms with Gasteiger partial charge in [0.05, 0.1) is 13.1 Å². The van der Waals surface area contributed by atoms with Gasteiger partial charge in [0.25, 0.3) is 11.8 Å². The predicted octanol–water partition coefficient (Wildman–Crippen LogP) is 2.25. The van der Waals surface area contributed by atoms with E-state index in [0.29, 0.717) is 5.69 Å². The van der Waals surface area contributed by atoms with Crippen molar-refractivity contribution in [1.82, 2.24) is 5.32 Å². The van der Waals surface area contributed by atoms with Crippen molar-refractivity contribution in [1.29, 1.82) is 0 Å². The van der Waals surface area contributed by atoms with Crippen LogP contribution in [0.3, 0.4) is 0 Å². The SMILES string of the molecule is C[NH+](CC(=O)Nc1cccc(F)c1)CC(=O)N[C@H](c1ccccc1)c1cccs1. The molecule has 3 N–H and O–H groups in total. The molecule has 0 aliphatic heterocycles. The molecule has 0 bridgehead atoms. The number of hydrogen-bond acceptors (Lipinski definition) is 3.